The topological polar surface area (TPSA) is 33.0 Å². The Labute approximate surface area is 88.4 Å². The average Bonchev–Trinajstić information content (AvgIpc) is 2.20. The molecule has 3 heteroatoms. The van der Waals surface area contributed by atoms with Crippen molar-refractivity contribution in [3.05, 3.63) is 35.9 Å². The Morgan fingerprint density at radius 3 is 2.64 bits per heavy atom. The van der Waals surface area contributed by atoms with Crippen LogP contribution in [0.3, 0.4) is 0 Å². The molecule has 0 unspecified atom stereocenters. The van der Waals surface area contributed by atoms with Crippen LogP contribution in [-0.2, 0) is 0 Å². The molecule has 1 aromatic rings. The van der Waals surface area contributed by atoms with Crippen LogP contribution in [0.25, 0.3) is 5.03 Å². The van der Waals surface area contributed by atoms with E-state index in [1.54, 1.807) is 0 Å². The monoisotopic (exact) mass is 207 g/mol. The minimum atomic E-state index is 0.440. The second-order valence-corrected chi connectivity index (χ2v) is 2.99. The van der Waals surface area contributed by atoms with Crippen molar-refractivity contribution in [2.75, 3.05) is 6.61 Å². The number of nitrogens with zero attached hydrogens (tertiary/aromatic N) is 1. The van der Waals surface area contributed by atoms with Crippen molar-refractivity contribution < 1.29 is 4.74 Å². The minimum absolute atomic E-state index is 0.440. The van der Waals surface area contributed by atoms with Gasteiger partial charge in [0.1, 0.15) is 5.75 Å². The van der Waals surface area contributed by atoms with E-state index in [2.05, 4.69) is 0 Å². The summed E-state index contributed by atoms with van der Waals surface area (Å²) in [6, 6.07) is 9.17. The quantitative estimate of drug-likeness (QED) is 0.714. The van der Waals surface area contributed by atoms with Crippen LogP contribution in [-0.4, -0.2) is 6.61 Å². The number of hydrogen-bond acceptors (Lipinski definition) is 2. The fraction of sp³-hybridized carbons (Fsp3) is 0.182. The first-order valence-corrected chi connectivity index (χ1v) is 4.64. The zero-order valence-corrected chi connectivity index (χ0v) is 8.58. The van der Waals surface area contributed by atoms with Gasteiger partial charge in [-0.25, -0.2) is 0 Å². The van der Waals surface area contributed by atoms with Crippen molar-refractivity contribution in [2.24, 2.45) is 0 Å². The number of nitriles is 1. The molecule has 0 saturated carbocycles. The first kappa shape index (κ1) is 10.6. The molecule has 1 aromatic carbocycles. The van der Waals surface area contributed by atoms with Crippen LogP contribution < -0.4 is 4.74 Å². The Morgan fingerprint density at radius 2 is 2.14 bits per heavy atom. The molecule has 0 amide bonds. The van der Waals surface area contributed by atoms with Gasteiger partial charge in [-0.3, -0.25) is 0 Å². The molecule has 0 spiro atoms. The van der Waals surface area contributed by atoms with Gasteiger partial charge in [0.05, 0.1) is 17.7 Å². The molecule has 0 aromatic heterocycles. The Balaban J connectivity index is 2.84. The summed E-state index contributed by atoms with van der Waals surface area (Å²) in [4.78, 5) is 0. The Morgan fingerprint density at radius 1 is 1.50 bits per heavy atom. The number of halogens is 1. The van der Waals surface area contributed by atoms with Crippen molar-refractivity contribution in [1.29, 1.82) is 5.26 Å². The van der Waals surface area contributed by atoms with Gasteiger partial charge in [0.15, 0.2) is 0 Å². The van der Waals surface area contributed by atoms with Crippen LogP contribution in [0.2, 0.25) is 0 Å². The molecular formula is C11H10ClNO. The highest BCUT2D eigenvalue weighted by molar-refractivity contribution is 6.48. The number of hydrogen-bond donors (Lipinski definition) is 0. The molecule has 0 saturated heterocycles. The Hall–Kier alpha value is -1.46. The maximum Gasteiger partial charge on any atom is 0.119 e. The Bertz CT molecular complexity index is 362. The van der Waals surface area contributed by atoms with Crippen molar-refractivity contribution >= 4 is 16.6 Å². The van der Waals surface area contributed by atoms with Crippen LogP contribution >= 0.6 is 11.6 Å². The molecule has 0 heterocycles. The number of rotatable bonds is 3. The molecule has 2 nitrogen and oxygen atoms in total. The van der Waals surface area contributed by atoms with Crippen molar-refractivity contribution in [1.82, 2.24) is 0 Å². The summed E-state index contributed by atoms with van der Waals surface area (Å²) in [6.07, 6.45) is 1.30. The lowest BCUT2D eigenvalue weighted by atomic mass is 10.2. The lowest BCUT2D eigenvalue weighted by Crippen LogP contribution is -1.90. The summed E-state index contributed by atoms with van der Waals surface area (Å²) >= 11 is 5.83. The van der Waals surface area contributed by atoms with Crippen LogP contribution in [0.15, 0.2) is 30.3 Å². The number of ether oxygens (including phenoxy) is 1. The van der Waals surface area contributed by atoms with Crippen molar-refractivity contribution in [3.63, 3.8) is 0 Å². The third-order valence-electron chi connectivity index (χ3n) is 1.63. The average molecular weight is 208 g/mol. The number of benzene rings is 1. The van der Waals surface area contributed by atoms with Gasteiger partial charge in [-0.2, -0.15) is 5.26 Å². The van der Waals surface area contributed by atoms with E-state index in [1.807, 2.05) is 37.3 Å². The van der Waals surface area contributed by atoms with Crippen LogP contribution in [0.5, 0.6) is 5.75 Å². The van der Waals surface area contributed by atoms with Crippen LogP contribution in [0, 0.1) is 11.3 Å². The molecule has 0 atom stereocenters. The number of allylic oxidation sites excluding steroid dienone is 1. The standard InChI is InChI=1S/C11H10ClNO/c1-2-14-10-5-3-9(4-6-10)11(12)7-8-13/h3-7H,2H2,1H3/b11-7+. The van der Waals surface area contributed by atoms with Crippen LogP contribution in [0.4, 0.5) is 0 Å². The fourth-order valence-corrected chi connectivity index (χ4v) is 1.19. The molecule has 0 aliphatic carbocycles. The summed E-state index contributed by atoms with van der Waals surface area (Å²) in [5.41, 5.74) is 0.816. The van der Waals surface area contributed by atoms with Gasteiger partial charge in [-0.05, 0) is 36.8 Å². The SMILES string of the molecule is CCOc1ccc(/C(Cl)=C\C#N)cc1. The summed E-state index contributed by atoms with van der Waals surface area (Å²) in [5.74, 6) is 0.803. The Kier molecular flexibility index (Phi) is 4.03. The van der Waals surface area contributed by atoms with E-state index in [4.69, 9.17) is 21.6 Å². The van der Waals surface area contributed by atoms with Gasteiger partial charge in [0.25, 0.3) is 0 Å². The molecule has 72 valence electrons. The molecule has 0 aliphatic rings. The van der Waals surface area contributed by atoms with E-state index in [1.165, 1.54) is 6.08 Å². The van der Waals surface area contributed by atoms with Gasteiger partial charge in [0.2, 0.25) is 0 Å². The summed E-state index contributed by atoms with van der Waals surface area (Å²) in [6.45, 7) is 2.57. The molecule has 1 rings (SSSR count). The second kappa shape index (κ2) is 5.31. The second-order valence-electron chi connectivity index (χ2n) is 2.58. The zero-order valence-electron chi connectivity index (χ0n) is 7.83. The minimum Gasteiger partial charge on any atom is -0.494 e. The molecule has 0 radical (unpaired) electrons. The first-order chi connectivity index (χ1) is 6.77. The lowest BCUT2D eigenvalue weighted by Gasteiger charge is -2.03. The molecule has 0 fully saturated rings. The largest absolute Gasteiger partial charge is 0.494 e. The summed E-state index contributed by atoms with van der Waals surface area (Å²) < 4.78 is 5.27. The van der Waals surface area contributed by atoms with E-state index in [0.717, 1.165) is 11.3 Å². The summed E-state index contributed by atoms with van der Waals surface area (Å²) in [5, 5.41) is 8.84. The van der Waals surface area contributed by atoms with Crippen molar-refractivity contribution in [3.8, 4) is 11.8 Å². The van der Waals surface area contributed by atoms with Gasteiger partial charge in [-0.15, -0.1) is 0 Å². The highest BCUT2D eigenvalue weighted by Crippen LogP contribution is 2.21. The third kappa shape index (κ3) is 2.79. The molecule has 14 heavy (non-hydrogen) atoms. The zero-order chi connectivity index (χ0) is 10.4. The van der Waals surface area contributed by atoms with Crippen LogP contribution in [0.1, 0.15) is 12.5 Å². The van der Waals surface area contributed by atoms with Crippen molar-refractivity contribution in [2.45, 2.75) is 6.92 Å². The highest BCUT2D eigenvalue weighted by atomic mass is 35.5. The molecular weight excluding hydrogens is 198 g/mol. The lowest BCUT2D eigenvalue weighted by molar-refractivity contribution is 0.340. The normalized spacial score (nSPS) is 10.8. The molecule has 0 aliphatic heterocycles. The van der Waals surface area contributed by atoms with Gasteiger partial charge >= 0.3 is 0 Å². The fourth-order valence-electron chi connectivity index (χ4n) is 1.02. The van der Waals surface area contributed by atoms with Gasteiger partial charge in [-0.1, -0.05) is 11.6 Å². The smallest absolute Gasteiger partial charge is 0.119 e. The summed E-state index contributed by atoms with van der Waals surface area (Å²) in [7, 11) is 0. The predicted molar refractivity (Wildman–Crippen MR) is 57.1 cm³/mol. The van der Waals surface area contributed by atoms with E-state index >= 15 is 0 Å². The molecule has 0 bridgehead atoms. The van der Waals surface area contributed by atoms with E-state index in [-0.39, 0.29) is 0 Å². The van der Waals surface area contributed by atoms with E-state index in [0.29, 0.717) is 11.6 Å². The van der Waals surface area contributed by atoms with Gasteiger partial charge in [0, 0.05) is 6.08 Å². The van der Waals surface area contributed by atoms with E-state index < -0.39 is 0 Å². The third-order valence-corrected chi connectivity index (χ3v) is 1.96. The highest BCUT2D eigenvalue weighted by Gasteiger charge is 1.97. The molecule has 0 N–H and O–H groups in total. The van der Waals surface area contributed by atoms with E-state index in [9.17, 15) is 0 Å². The van der Waals surface area contributed by atoms with Gasteiger partial charge < -0.3 is 4.74 Å². The predicted octanol–water partition coefficient (Wildman–Crippen LogP) is 3.19. The maximum atomic E-state index is 8.40. The maximum absolute atomic E-state index is 8.40. The first-order valence-electron chi connectivity index (χ1n) is 4.26.